The number of hydrogen-bond donors (Lipinski definition) is 1. The van der Waals surface area contributed by atoms with Crippen LogP contribution in [-0.4, -0.2) is 36.8 Å². The van der Waals surface area contributed by atoms with Crippen molar-refractivity contribution < 1.29 is 9.84 Å². The molecule has 1 saturated heterocycles. The summed E-state index contributed by atoms with van der Waals surface area (Å²) >= 11 is 0. The van der Waals surface area contributed by atoms with Crippen LogP contribution < -0.4 is 4.74 Å². The fraction of sp³-hybridized carbons (Fsp3) is 0.538. The first-order valence-electron chi connectivity index (χ1n) is 5.85. The Morgan fingerprint density at radius 2 is 2.25 bits per heavy atom. The first kappa shape index (κ1) is 11.3. The highest BCUT2D eigenvalue weighted by Crippen LogP contribution is 2.25. The molecular formula is C13H19NO2. The van der Waals surface area contributed by atoms with Crippen LogP contribution in [0.1, 0.15) is 12.8 Å². The molecule has 1 unspecified atom stereocenters. The van der Waals surface area contributed by atoms with E-state index in [1.54, 1.807) is 12.1 Å². The van der Waals surface area contributed by atoms with Gasteiger partial charge in [-0.15, -0.1) is 0 Å². The van der Waals surface area contributed by atoms with E-state index < -0.39 is 0 Å². The minimum Gasteiger partial charge on any atom is -0.504 e. The lowest BCUT2D eigenvalue weighted by molar-refractivity contribution is 0.148. The normalized spacial score (nSPS) is 21.9. The zero-order chi connectivity index (χ0) is 11.4. The quantitative estimate of drug-likeness (QED) is 0.848. The molecule has 1 aliphatic rings. The van der Waals surface area contributed by atoms with Gasteiger partial charge >= 0.3 is 0 Å². The number of likely N-dealkylation sites (tertiary alicyclic amines) is 1. The SMILES string of the molecule is CN1CCCC(COc2ccccc2O)C1. The van der Waals surface area contributed by atoms with Gasteiger partial charge in [0.25, 0.3) is 0 Å². The highest BCUT2D eigenvalue weighted by molar-refractivity contribution is 5.37. The molecular weight excluding hydrogens is 202 g/mol. The van der Waals surface area contributed by atoms with Crippen LogP contribution in [0.4, 0.5) is 0 Å². The van der Waals surface area contributed by atoms with Crippen molar-refractivity contribution in [3.8, 4) is 11.5 Å². The Kier molecular flexibility index (Phi) is 3.67. The number of rotatable bonds is 3. The summed E-state index contributed by atoms with van der Waals surface area (Å²) in [5.41, 5.74) is 0. The molecule has 1 aromatic carbocycles. The first-order valence-corrected chi connectivity index (χ1v) is 5.85. The number of ether oxygens (including phenoxy) is 1. The number of benzene rings is 1. The summed E-state index contributed by atoms with van der Waals surface area (Å²) < 4.78 is 5.65. The van der Waals surface area contributed by atoms with Crippen molar-refractivity contribution in [2.24, 2.45) is 5.92 Å². The molecule has 3 nitrogen and oxygen atoms in total. The fourth-order valence-corrected chi connectivity index (χ4v) is 2.20. The molecule has 16 heavy (non-hydrogen) atoms. The molecule has 0 saturated carbocycles. The number of para-hydroxylation sites is 2. The molecule has 0 aromatic heterocycles. The molecule has 1 N–H and O–H groups in total. The van der Waals surface area contributed by atoms with Crippen LogP contribution in [0, 0.1) is 5.92 Å². The third-order valence-electron chi connectivity index (χ3n) is 3.06. The Balaban J connectivity index is 1.85. The maximum atomic E-state index is 9.56. The standard InChI is InChI=1S/C13H19NO2/c1-14-8-4-5-11(9-14)10-16-13-7-3-2-6-12(13)15/h2-3,6-7,11,15H,4-5,8-10H2,1H3. The van der Waals surface area contributed by atoms with E-state index in [2.05, 4.69) is 11.9 Å². The number of piperidine rings is 1. The van der Waals surface area contributed by atoms with Crippen LogP contribution in [0.15, 0.2) is 24.3 Å². The van der Waals surface area contributed by atoms with E-state index in [4.69, 9.17) is 4.74 Å². The zero-order valence-electron chi connectivity index (χ0n) is 9.72. The van der Waals surface area contributed by atoms with Gasteiger partial charge in [0, 0.05) is 12.5 Å². The summed E-state index contributed by atoms with van der Waals surface area (Å²) in [6.07, 6.45) is 2.46. The van der Waals surface area contributed by atoms with Crippen LogP contribution in [0.25, 0.3) is 0 Å². The zero-order valence-corrected chi connectivity index (χ0v) is 9.72. The summed E-state index contributed by atoms with van der Waals surface area (Å²) in [6, 6.07) is 7.14. The topological polar surface area (TPSA) is 32.7 Å². The lowest BCUT2D eigenvalue weighted by Crippen LogP contribution is -2.34. The van der Waals surface area contributed by atoms with E-state index >= 15 is 0 Å². The minimum absolute atomic E-state index is 0.228. The van der Waals surface area contributed by atoms with Crippen molar-refractivity contribution in [3.05, 3.63) is 24.3 Å². The number of phenolic OH excluding ortho intramolecular Hbond substituents is 1. The van der Waals surface area contributed by atoms with Crippen molar-refractivity contribution in [3.63, 3.8) is 0 Å². The summed E-state index contributed by atoms with van der Waals surface area (Å²) in [5.74, 6) is 1.40. The van der Waals surface area contributed by atoms with Crippen LogP contribution in [-0.2, 0) is 0 Å². The number of aromatic hydroxyl groups is 1. The van der Waals surface area contributed by atoms with Gasteiger partial charge in [0.05, 0.1) is 6.61 Å². The highest BCUT2D eigenvalue weighted by Gasteiger charge is 2.17. The van der Waals surface area contributed by atoms with E-state index in [0.717, 1.165) is 6.54 Å². The second-order valence-corrected chi connectivity index (χ2v) is 4.55. The predicted molar refractivity (Wildman–Crippen MR) is 63.8 cm³/mol. The molecule has 88 valence electrons. The van der Waals surface area contributed by atoms with Crippen molar-refractivity contribution >= 4 is 0 Å². The van der Waals surface area contributed by atoms with E-state index in [9.17, 15) is 5.11 Å². The van der Waals surface area contributed by atoms with Gasteiger partial charge in [0.1, 0.15) is 0 Å². The maximum Gasteiger partial charge on any atom is 0.160 e. The average Bonchev–Trinajstić information content (AvgIpc) is 2.28. The third kappa shape index (κ3) is 2.89. The molecule has 1 atom stereocenters. The molecule has 1 heterocycles. The summed E-state index contributed by atoms with van der Waals surface area (Å²) in [4.78, 5) is 2.34. The van der Waals surface area contributed by atoms with Gasteiger partial charge in [-0.3, -0.25) is 0 Å². The van der Waals surface area contributed by atoms with Crippen molar-refractivity contribution in [2.45, 2.75) is 12.8 Å². The molecule has 2 rings (SSSR count). The Morgan fingerprint density at radius 3 is 3.00 bits per heavy atom. The minimum atomic E-state index is 0.228. The summed E-state index contributed by atoms with van der Waals surface area (Å²) in [6.45, 7) is 2.97. The first-order chi connectivity index (χ1) is 7.75. The van der Waals surface area contributed by atoms with Crippen LogP contribution in [0.5, 0.6) is 11.5 Å². The van der Waals surface area contributed by atoms with Gasteiger partial charge in [-0.1, -0.05) is 12.1 Å². The monoisotopic (exact) mass is 221 g/mol. The molecule has 3 heteroatoms. The molecule has 1 fully saturated rings. The van der Waals surface area contributed by atoms with Gasteiger partial charge in [-0.2, -0.15) is 0 Å². The van der Waals surface area contributed by atoms with Gasteiger partial charge in [-0.25, -0.2) is 0 Å². The Labute approximate surface area is 96.6 Å². The largest absolute Gasteiger partial charge is 0.504 e. The van der Waals surface area contributed by atoms with Gasteiger partial charge in [0.15, 0.2) is 11.5 Å². The van der Waals surface area contributed by atoms with E-state index in [1.807, 2.05) is 12.1 Å². The number of hydrogen-bond acceptors (Lipinski definition) is 3. The van der Waals surface area contributed by atoms with Gasteiger partial charge < -0.3 is 14.7 Å². The van der Waals surface area contributed by atoms with Crippen LogP contribution in [0.3, 0.4) is 0 Å². The van der Waals surface area contributed by atoms with Crippen LogP contribution in [0.2, 0.25) is 0 Å². The second kappa shape index (κ2) is 5.21. The van der Waals surface area contributed by atoms with Crippen molar-refractivity contribution in [1.29, 1.82) is 0 Å². The lowest BCUT2D eigenvalue weighted by atomic mass is 10.00. The lowest BCUT2D eigenvalue weighted by Gasteiger charge is -2.29. The molecule has 1 aromatic rings. The fourth-order valence-electron chi connectivity index (χ4n) is 2.20. The summed E-state index contributed by atoms with van der Waals surface area (Å²) in [5, 5.41) is 9.56. The number of nitrogens with zero attached hydrogens (tertiary/aromatic N) is 1. The molecule has 0 spiro atoms. The second-order valence-electron chi connectivity index (χ2n) is 4.55. The maximum absolute atomic E-state index is 9.56. The van der Waals surface area contributed by atoms with E-state index in [0.29, 0.717) is 18.3 Å². The third-order valence-corrected chi connectivity index (χ3v) is 3.06. The molecule has 0 bridgehead atoms. The molecule has 1 aliphatic heterocycles. The molecule has 0 amide bonds. The Morgan fingerprint density at radius 1 is 1.44 bits per heavy atom. The van der Waals surface area contributed by atoms with Gasteiger partial charge in [0.2, 0.25) is 0 Å². The highest BCUT2D eigenvalue weighted by atomic mass is 16.5. The van der Waals surface area contributed by atoms with E-state index in [1.165, 1.54) is 19.4 Å². The molecule has 0 radical (unpaired) electrons. The van der Waals surface area contributed by atoms with Crippen LogP contribution >= 0.6 is 0 Å². The van der Waals surface area contributed by atoms with Crippen molar-refractivity contribution in [2.75, 3.05) is 26.7 Å². The van der Waals surface area contributed by atoms with E-state index in [-0.39, 0.29) is 5.75 Å². The Hall–Kier alpha value is -1.22. The average molecular weight is 221 g/mol. The molecule has 0 aliphatic carbocycles. The Bertz CT molecular complexity index is 340. The van der Waals surface area contributed by atoms with Gasteiger partial charge in [-0.05, 0) is 38.6 Å². The smallest absolute Gasteiger partial charge is 0.160 e. The number of phenols is 1. The summed E-state index contributed by atoms with van der Waals surface area (Å²) in [7, 11) is 2.14. The van der Waals surface area contributed by atoms with Crippen molar-refractivity contribution in [1.82, 2.24) is 4.90 Å². The predicted octanol–water partition coefficient (Wildman–Crippen LogP) is 2.11.